The van der Waals surface area contributed by atoms with Gasteiger partial charge in [-0.2, -0.15) is 0 Å². The van der Waals surface area contributed by atoms with Crippen LogP contribution in [0.1, 0.15) is 5.56 Å². The maximum atomic E-state index is 4.31. The second-order valence-electron chi connectivity index (χ2n) is 2.99. The zero-order valence-electron chi connectivity index (χ0n) is 8.19. The Kier molecular flexibility index (Phi) is 5.16. The first-order chi connectivity index (χ1) is 5.70. The number of hydrogen-bond acceptors (Lipinski definition) is 1. The fourth-order valence-electron chi connectivity index (χ4n) is 0.886. The van der Waals surface area contributed by atoms with E-state index < -0.39 is 0 Å². The molecule has 0 aliphatic rings. The average molecular weight is 199 g/mol. The second-order valence-corrected chi connectivity index (χ2v) is 2.99. The van der Waals surface area contributed by atoms with Crippen LogP contribution in [0.4, 0.5) is 5.69 Å². The molecule has 0 aliphatic carbocycles. The Morgan fingerprint density at radius 1 is 1.23 bits per heavy atom. The molecule has 0 aromatic heterocycles. The molecule has 0 radical (unpaired) electrons. The van der Waals surface area contributed by atoms with Crippen LogP contribution in [0.2, 0.25) is 0 Å². The predicted molar refractivity (Wildman–Crippen MR) is 60.3 cm³/mol. The number of rotatable bonds is 2. The Morgan fingerprint density at radius 3 is 2.38 bits per heavy atom. The molecular weight excluding hydrogens is 184 g/mol. The van der Waals surface area contributed by atoms with Crippen LogP contribution in [0.5, 0.6) is 0 Å². The fraction of sp³-hybridized carbons (Fsp3) is 0.300. The molecule has 0 unspecified atom stereocenters. The summed E-state index contributed by atoms with van der Waals surface area (Å²) in [7, 11) is 3.92. The van der Waals surface area contributed by atoms with E-state index in [0.29, 0.717) is 0 Å². The standard InChI is InChI=1S/C10H14N2.ClH/c1-9-6-4-5-7-10(9)11-8-12(2)3;/h4-8H,1-3H3;1H. The number of aliphatic imine (C=N–C) groups is 1. The zero-order valence-corrected chi connectivity index (χ0v) is 9.01. The summed E-state index contributed by atoms with van der Waals surface area (Å²) in [5.41, 5.74) is 2.24. The lowest BCUT2D eigenvalue weighted by atomic mass is 10.2. The van der Waals surface area contributed by atoms with Gasteiger partial charge in [0, 0.05) is 14.1 Å². The summed E-state index contributed by atoms with van der Waals surface area (Å²) in [6, 6.07) is 8.08. The summed E-state index contributed by atoms with van der Waals surface area (Å²) in [5, 5.41) is 0. The van der Waals surface area contributed by atoms with E-state index in [1.807, 2.05) is 43.5 Å². The summed E-state index contributed by atoms with van der Waals surface area (Å²) >= 11 is 0. The fourth-order valence-corrected chi connectivity index (χ4v) is 0.886. The van der Waals surface area contributed by atoms with Gasteiger partial charge in [-0.25, -0.2) is 4.99 Å². The van der Waals surface area contributed by atoms with Gasteiger partial charge in [-0.1, -0.05) is 18.2 Å². The van der Waals surface area contributed by atoms with Crippen LogP contribution >= 0.6 is 12.4 Å². The van der Waals surface area contributed by atoms with Crippen molar-refractivity contribution < 1.29 is 0 Å². The average Bonchev–Trinajstić information content (AvgIpc) is 2.03. The van der Waals surface area contributed by atoms with Crippen molar-refractivity contribution in [2.24, 2.45) is 4.99 Å². The summed E-state index contributed by atoms with van der Waals surface area (Å²) in [6.07, 6.45) is 1.81. The van der Waals surface area contributed by atoms with Crippen LogP contribution in [0.3, 0.4) is 0 Å². The van der Waals surface area contributed by atoms with E-state index in [-0.39, 0.29) is 12.4 Å². The number of benzene rings is 1. The predicted octanol–water partition coefficient (Wildman–Crippen LogP) is 2.64. The van der Waals surface area contributed by atoms with E-state index in [0.717, 1.165) is 5.69 Å². The highest BCUT2D eigenvalue weighted by molar-refractivity contribution is 5.85. The second kappa shape index (κ2) is 5.60. The number of aryl methyl sites for hydroxylation is 1. The number of hydrogen-bond donors (Lipinski definition) is 0. The van der Waals surface area contributed by atoms with Gasteiger partial charge in [-0.15, -0.1) is 12.4 Å². The van der Waals surface area contributed by atoms with E-state index in [1.165, 1.54) is 5.56 Å². The van der Waals surface area contributed by atoms with Gasteiger partial charge < -0.3 is 4.90 Å². The molecular formula is C10H15ClN2. The SMILES string of the molecule is Cc1ccccc1N=CN(C)C.Cl. The topological polar surface area (TPSA) is 15.6 Å². The molecule has 1 rings (SSSR count). The van der Waals surface area contributed by atoms with Gasteiger partial charge in [0.1, 0.15) is 0 Å². The van der Waals surface area contributed by atoms with Crippen LogP contribution in [0, 0.1) is 6.92 Å². The van der Waals surface area contributed by atoms with Crippen LogP contribution in [0.25, 0.3) is 0 Å². The molecule has 0 aliphatic heterocycles. The van der Waals surface area contributed by atoms with Gasteiger partial charge in [0.2, 0.25) is 0 Å². The molecule has 0 amide bonds. The van der Waals surface area contributed by atoms with Gasteiger partial charge in [0.05, 0.1) is 12.0 Å². The monoisotopic (exact) mass is 198 g/mol. The van der Waals surface area contributed by atoms with E-state index >= 15 is 0 Å². The maximum Gasteiger partial charge on any atom is 0.0907 e. The molecule has 0 N–H and O–H groups in total. The van der Waals surface area contributed by atoms with Crippen LogP contribution < -0.4 is 0 Å². The summed E-state index contributed by atoms with van der Waals surface area (Å²) in [6.45, 7) is 2.06. The Hall–Kier alpha value is -1.02. The molecule has 3 heteroatoms. The van der Waals surface area contributed by atoms with E-state index in [2.05, 4.69) is 18.0 Å². The van der Waals surface area contributed by atoms with Crippen molar-refractivity contribution in [2.45, 2.75) is 6.92 Å². The molecule has 0 bridgehead atoms. The van der Waals surface area contributed by atoms with Crippen molar-refractivity contribution in [1.82, 2.24) is 4.90 Å². The maximum absolute atomic E-state index is 4.31. The lowest BCUT2D eigenvalue weighted by Gasteiger charge is -2.03. The summed E-state index contributed by atoms with van der Waals surface area (Å²) in [5.74, 6) is 0. The van der Waals surface area contributed by atoms with E-state index in [4.69, 9.17) is 0 Å². The lowest BCUT2D eigenvalue weighted by Crippen LogP contribution is -2.07. The third-order valence-corrected chi connectivity index (χ3v) is 1.54. The minimum Gasteiger partial charge on any atom is -0.369 e. The van der Waals surface area contributed by atoms with Gasteiger partial charge in [-0.05, 0) is 18.6 Å². The van der Waals surface area contributed by atoms with Gasteiger partial charge in [0.25, 0.3) is 0 Å². The van der Waals surface area contributed by atoms with Crippen molar-refractivity contribution in [3.8, 4) is 0 Å². The Balaban J connectivity index is 0.00000144. The molecule has 2 nitrogen and oxygen atoms in total. The van der Waals surface area contributed by atoms with Crippen LogP contribution in [0.15, 0.2) is 29.3 Å². The highest BCUT2D eigenvalue weighted by Crippen LogP contribution is 2.15. The molecule has 72 valence electrons. The Labute approximate surface area is 85.7 Å². The normalized spacial score (nSPS) is 9.77. The van der Waals surface area contributed by atoms with Gasteiger partial charge in [-0.3, -0.25) is 0 Å². The molecule has 0 saturated carbocycles. The number of nitrogens with zero attached hydrogens (tertiary/aromatic N) is 2. The van der Waals surface area contributed by atoms with Crippen molar-refractivity contribution in [2.75, 3.05) is 14.1 Å². The van der Waals surface area contributed by atoms with Crippen molar-refractivity contribution >= 4 is 24.4 Å². The Bertz CT molecular complexity index is 282. The molecule has 13 heavy (non-hydrogen) atoms. The first-order valence-electron chi connectivity index (χ1n) is 3.96. The molecule has 0 heterocycles. The first-order valence-corrected chi connectivity index (χ1v) is 3.96. The molecule has 1 aromatic rings. The van der Waals surface area contributed by atoms with Crippen molar-refractivity contribution in [3.05, 3.63) is 29.8 Å². The largest absolute Gasteiger partial charge is 0.369 e. The summed E-state index contributed by atoms with van der Waals surface area (Å²) < 4.78 is 0. The van der Waals surface area contributed by atoms with Gasteiger partial charge >= 0.3 is 0 Å². The minimum absolute atomic E-state index is 0. The number of para-hydroxylation sites is 1. The quantitative estimate of drug-likeness (QED) is 0.527. The smallest absolute Gasteiger partial charge is 0.0907 e. The highest BCUT2D eigenvalue weighted by atomic mass is 35.5. The molecule has 1 aromatic carbocycles. The molecule has 0 spiro atoms. The minimum atomic E-state index is 0. The van der Waals surface area contributed by atoms with Gasteiger partial charge in [0.15, 0.2) is 0 Å². The molecule has 0 fully saturated rings. The number of halogens is 1. The van der Waals surface area contributed by atoms with Crippen molar-refractivity contribution in [3.63, 3.8) is 0 Å². The van der Waals surface area contributed by atoms with Crippen LogP contribution in [-0.2, 0) is 0 Å². The Morgan fingerprint density at radius 2 is 1.85 bits per heavy atom. The molecule has 0 saturated heterocycles. The van der Waals surface area contributed by atoms with Crippen molar-refractivity contribution in [1.29, 1.82) is 0 Å². The molecule has 0 atom stereocenters. The van der Waals surface area contributed by atoms with E-state index in [1.54, 1.807) is 0 Å². The van der Waals surface area contributed by atoms with E-state index in [9.17, 15) is 0 Å². The summed E-state index contributed by atoms with van der Waals surface area (Å²) in [4.78, 5) is 6.23. The highest BCUT2D eigenvalue weighted by Gasteiger charge is 1.91. The lowest BCUT2D eigenvalue weighted by molar-refractivity contribution is 0.643. The zero-order chi connectivity index (χ0) is 8.97. The third-order valence-electron chi connectivity index (χ3n) is 1.54. The third kappa shape index (κ3) is 3.95. The van der Waals surface area contributed by atoms with Crippen LogP contribution in [-0.4, -0.2) is 25.3 Å². The first kappa shape index (κ1) is 12.0.